The van der Waals surface area contributed by atoms with Crippen molar-refractivity contribution in [2.24, 2.45) is 0 Å². The number of aryl methyl sites for hydroxylation is 1. The SMILES string of the molecule is COc1ccc2c(c1-c1cc(C(=O)O)on1)CCC2. The van der Waals surface area contributed by atoms with Crippen molar-refractivity contribution in [3.8, 4) is 17.0 Å². The molecule has 0 aliphatic heterocycles. The van der Waals surface area contributed by atoms with Crippen molar-refractivity contribution in [3.63, 3.8) is 0 Å². The molecule has 1 aromatic carbocycles. The lowest BCUT2D eigenvalue weighted by molar-refractivity contribution is 0.0652. The normalized spacial score (nSPS) is 13.3. The largest absolute Gasteiger partial charge is 0.496 e. The van der Waals surface area contributed by atoms with E-state index >= 15 is 0 Å². The van der Waals surface area contributed by atoms with Crippen molar-refractivity contribution >= 4 is 5.97 Å². The monoisotopic (exact) mass is 259 g/mol. The lowest BCUT2D eigenvalue weighted by atomic mass is 9.99. The summed E-state index contributed by atoms with van der Waals surface area (Å²) in [5.74, 6) is -0.580. The molecule has 0 radical (unpaired) electrons. The van der Waals surface area contributed by atoms with Crippen LogP contribution in [0.2, 0.25) is 0 Å². The second-order valence-electron chi connectivity index (χ2n) is 4.52. The molecule has 0 bridgehead atoms. The topological polar surface area (TPSA) is 72.6 Å². The first-order chi connectivity index (χ1) is 9.20. The Labute approximate surface area is 109 Å². The van der Waals surface area contributed by atoms with Gasteiger partial charge >= 0.3 is 5.97 Å². The summed E-state index contributed by atoms with van der Waals surface area (Å²) in [5, 5.41) is 12.8. The minimum atomic E-state index is -1.12. The van der Waals surface area contributed by atoms with E-state index in [0.717, 1.165) is 24.8 Å². The van der Waals surface area contributed by atoms with Crippen LogP contribution in [0, 0.1) is 0 Å². The number of methoxy groups -OCH3 is 1. The van der Waals surface area contributed by atoms with Crippen molar-refractivity contribution in [3.05, 3.63) is 35.1 Å². The van der Waals surface area contributed by atoms with Gasteiger partial charge in [-0.1, -0.05) is 11.2 Å². The van der Waals surface area contributed by atoms with Gasteiger partial charge in [0, 0.05) is 11.6 Å². The molecule has 1 aliphatic rings. The Morgan fingerprint density at radius 2 is 2.26 bits per heavy atom. The van der Waals surface area contributed by atoms with Crippen molar-refractivity contribution in [2.75, 3.05) is 7.11 Å². The van der Waals surface area contributed by atoms with Crippen molar-refractivity contribution in [2.45, 2.75) is 19.3 Å². The zero-order valence-corrected chi connectivity index (χ0v) is 10.5. The van der Waals surface area contributed by atoms with Crippen LogP contribution in [0.15, 0.2) is 22.7 Å². The number of ether oxygens (including phenoxy) is 1. The maximum Gasteiger partial charge on any atom is 0.374 e. The molecular weight excluding hydrogens is 246 g/mol. The third-order valence-electron chi connectivity index (χ3n) is 3.44. The van der Waals surface area contributed by atoms with Crippen LogP contribution in [-0.4, -0.2) is 23.3 Å². The number of carboxylic acid groups (broad SMARTS) is 1. The molecule has 1 aliphatic carbocycles. The number of hydrogen-bond donors (Lipinski definition) is 1. The molecule has 0 spiro atoms. The molecule has 1 aromatic heterocycles. The summed E-state index contributed by atoms with van der Waals surface area (Å²) in [6.07, 6.45) is 3.09. The van der Waals surface area contributed by atoms with Crippen LogP contribution >= 0.6 is 0 Å². The first-order valence-electron chi connectivity index (χ1n) is 6.10. The quantitative estimate of drug-likeness (QED) is 0.916. The summed E-state index contributed by atoms with van der Waals surface area (Å²) in [4.78, 5) is 10.9. The van der Waals surface area contributed by atoms with Gasteiger partial charge in [-0.25, -0.2) is 4.79 Å². The number of carbonyl (C=O) groups is 1. The number of rotatable bonds is 3. The fourth-order valence-electron chi connectivity index (χ4n) is 2.59. The standard InChI is InChI=1S/C14H13NO4/c1-18-11-6-5-8-3-2-4-9(8)13(11)10-7-12(14(16)17)19-15-10/h5-7H,2-4H2,1H3,(H,16,17). The van der Waals surface area contributed by atoms with E-state index in [2.05, 4.69) is 11.2 Å². The summed E-state index contributed by atoms with van der Waals surface area (Å²) in [7, 11) is 1.60. The molecule has 3 rings (SSSR count). The Kier molecular flexibility index (Phi) is 2.74. The fraction of sp³-hybridized carbons (Fsp3) is 0.286. The maximum absolute atomic E-state index is 10.9. The zero-order chi connectivity index (χ0) is 13.4. The lowest BCUT2D eigenvalue weighted by Crippen LogP contribution is -1.95. The lowest BCUT2D eigenvalue weighted by Gasteiger charge is -2.11. The van der Waals surface area contributed by atoms with Gasteiger partial charge in [0.1, 0.15) is 11.4 Å². The average molecular weight is 259 g/mol. The van der Waals surface area contributed by atoms with Crippen molar-refractivity contribution in [1.29, 1.82) is 0 Å². The molecule has 0 amide bonds. The number of nitrogens with zero attached hydrogens (tertiary/aromatic N) is 1. The minimum Gasteiger partial charge on any atom is -0.496 e. The van der Waals surface area contributed by atoms with Crippen LogP contribution in [0.4, 0.5) is 0 Å². The molecule has 1 heterocycles. The highest BCUT2D eigenvalue weighted by Crippen LogP contribution is 2.38. The first-order valence-corrected chi connectivity index (χ1v) is 6.10. The molecule has 5 nitrogen and oxygen atoms in total. The van der Waals surface area contributed by atoms with E-state index in [-0.39, 0.29) is 5.76 Å². The van der Waals surface area contributed by atoms with E-state index in [0.29, 0.717) is 11.4 Å². The van der Waals surface area contributed by atoms with Gasteiger partial charge in [-0.15, -0.1) is 0 Å². The Hall–Kier alpha value is -2.30. The summed E-state index contributed by atoms with van der Waals surface area (Å²) < 4.78 is 10.2. The van der Waals surface area contributed by atoms with Gasteiger partial charge in [-0.2, -0.15) is 0 Å². The average Bonchev–Trinajstić information content (AvgIpc) is 3.06. The van der Waals surface area contributed by atoms with E-state index in [1.807, 2.05) is 6.07 Å². The number of aromatic carboxylic acids is 1. The third-order valence-corrected chi connectivity index (χ3v) is 3.44. The number of hydrogen-bond acceptors (Lipinski definition) is 4. The zero-order valence-electron chi connectivity index (χ0n) is 10.5. The predicted molar refractivity (Wildman–Crippen MR) is 67.5 cm³/mol. The number of fused-ring (bicyclic) bond motifs is 1. The summed E-state index contributed by atoms with van der Waals surface area (Å²) in [6, 6.07) is 5.40. The summed E-state index contributed by atoms with van der Waals surface area (Å²) in [6.45, 7) is 0. The fourth-order valence-corrected chi connectivity index (χ4v) is 2.59. The third kappa shape index (κ3) is 1.87. The summed E-state index contributed by atoms with van der Waals surface area (Å²) >= 11 is 0. The van der Waals surface area contributed by atoms with Crippen molar-refractivity contribution < 1.29 is 19.2 Å². The Morgan fingerprint density at radius 1 is 1.42 bits per heavy atom. The maximum atomic E-state index is 10.9. The molecule has 0 fully saturated rings. The van der Waals surface area contributed by atoms with Gasteiger partial charge in [-0.3, -0.25) is 0 Å². The number of aromatic nitrogens is 1. The van der Waals surface area contributed by atoms with Gasteiger partial charge in [0.15, 0.2) is 0 Å². The van der Waals surface area contributed by atoms with E-state index in [9.17, 15) is 4.79 Å². The van der Waals surface area contributed by atoms with Crippen LogP contribution in [0.3, 0.4) is 0 Å². The van der Waals surface area contributed by atoms with E-state index in [4.69, 9.17) is 14.4 Å². The van der Waals surface area contributed by atoms with Crippen LogP contribution in [0.25, 0.3) is 11.3 Å². The van der Waals surface area contributed by atoms with Gasteiger partial charge in [-0.05, 0) is 36.5 Å². The minimum absolute atomic E-state index is 0.160. The molecule has 0 saturated heterocycles. The molecule has 19 heavy (non-hydrogen) atoms. The van der Waals surface area contributed by atoms with E-state index in [1.54, 1.807) is 7.11 Å². The van der Waals surface area contributed by atoms with E-state index < -0.39 is 5.97 Å². The van der Waals surface area contributed by atoms with E-state index in [1.165, 1.54) is 17.2 Å². The van der Waals surface area contributed by atoms with Crippen LogP contribution in [-0.2, 0) is 12.8 Å². The Bertz CT molecular complexity index is 645. The molecule has 0 atom stereocenters. The van der Waals surface area contributed by atoms with Crippen molar-refractivity contribution in [1.82, 2.24) is 5.16 Å². The molecule has 0 unspecified atom stereocenters. The smallest absolute Gasteiger partial charge is 0.374 e. The highest BCUT2D eigenvalue weighted by atomic mass is 16.5. The van der Waals surface area contributed by atoms with Gasteiger partial charge in [0.05, 0.1) is 7.11 Å². The Morgan fingerprint density at radius 3 is 2.95 bits per heavy atom. The molecule has 0 saturated carbocycles. The molecule has 98 valence electrons. The molecule has 1 N–H and O–H groups in total. The summed E-state index contributed by atoms with van der Waals surface area (Å²) in [5.41, 5.74) is 3.84. The molecule has 2 aromatic rings. The second kappa shape index (κ2) is 4.42. The van der Waals surface area contributed by atoms with Gasteiger partial charge in [0.25, 0.3) is 0 Å². The van der Waals surface area contributed by atoms with Gasteiger partial charge < -0.3 is 14.4 Å². The molecular formula is C14H13NO4. The van der Waals surface area contributed by atoms with Crippen LogP contribution in [0.1, 0.15) is 28.1 Å². The number of benzene rings is 1. The molecule has 5 heteroatoms. The highest BCUT2D eigenvalue weighted by molar-refractivity contribution is 5.86. The second-order valence-corrected chi connectivity index (χ2v) is 4.52. The van der Waals surface area contributed by atoms with Crippen LogP contribution in [0.5, 0.6) is 5.75 Å². The first kappa shape index (κ1) is 11.8. The van der Waals surface area contributed by atoms with Crippen LogP contribution < -0.4 is 4.74 Å². The Balaban J connectivity index is 2.17. The van der Waals surface area contributed by atoms with Gasteiger partial charge in [0.2, 0.25) is 5.76 Å². The predicted octanol–water partition coefficient (Wildman–Crippen LogP) is 2.54. The number of carboxylic acids is 1. The highest BCUT2D eigenvalue weighted by Gasteiger charge is 2.23.